The molecule has 55 heavy (non-hydrogen) atoms. The Morgan fingerprint density at radius 3 is 2.18 bits per heavy atom. The van der Waals surface area contributed by atoms with Crippen LogP contribution in [0.3, 0.4) is 0 Å². The summed E-state index contributed by atoms with van der Waals surface area (Å²) in [5.41, 5.74) is 13.7. The van der Waals surface area contributed by atoms with Crippen molar-refractivity contribution in [2.75, 3.05) is 16.8 Å². The minimum atomic E-state index is 0.231. The normalized spacial score (nSPS) is 13.5. The minimum Gasteiger partial charge on any atom is -0.378 e. The monoisotopic (exact) mass is 714 g/mol. The van der Waals surface area contributed by atoms with Crippen molar-refractivity contribution >= 4 is 44.2 Å². The lowest BCUT2D eigenvalue weighted by atomic mass is 9.92. The molecule has 0 saturated heterocycles. The highest BCUT2D eigenvalue weighted by atomic mass is 15.1. The molecule has 1 unspecified atom stereocenters. The molecular formula is C53H50N2. The summed E-state index contributed by atoms with van der Waals surface area (Å²) in [6.07, 6.45) is 13.8. The average molecular weight is 715 g/mol. The van der Waals surface area contributed by atoms with Gasteiger partial charge in [-0.05, 0) is 124 Å². The van der Waals surface area contributed by atoms with Crippen LogP contribution in [0.5, 0.6) is 0 Å². The van der Waals surface area contributed by atoms with Gasteiger partial charge in [0.05, 0.1) is 0 Å². The number of aryl methyl sites for hydroxylation is 1. The predicted molar refractivity (Wildman–Crippen MR) is 239 cm³/mol. The smallest absolute Gasteiger partial charge is 0.0482 e. The molecular weight excluding hydrogens is 665 g/mol. The van der Waals surface area contributed by atoms with E-state index in [0.717, 1.165) is 37.9 Å². The van der Waals surface area contributed by atoms with E-state index >= 15 is 0 Å². The van der Waals surface area contributed by atoms with Gasteiger partial charge in [-0.2, -0.15) is 0 Å². The zero-order valence-electron chi connectivity index (χ0n) is 32.3. The van der Waals surface area contributed by atoms with Gasteiger partial charge < -0.3 is 10.2 Å². The highest BCUT2D eigenvalue weighted by molar-refractivity contribution is 5.98. The summed E-state index contributed by atoms with van der Waals surface area (Å²) in [5.74, 6) is 0. The number of allylic oxidation sites excluding steroid dienone is 3. The Hall–Kier alpha value is -6.12. The highest BCUT2D eigenvalue weighted by Gasteiger charge is 2.17. The van der Waals surface area contributed by atoms with E-state index < -0.39 is 0 Å². The molecule has 8 rings (SSSR count). The lowest BCUT2D eigenvalue weighted by Crippen LogP contribution is -2.19. The average Bonchev–Trinajstić information content (AvgIpc) is 3.25. The van der Waals surface area contributed by atoms with E-state index in [1.807, 2.05) is 0 Å². The Morgan fingerprint density at radius 2 is 1.40 bits per heavy atom. The van der Waals surface area contributed by atoms with Crippen molar-refractivity contribution in [3.05, 3.63) is 193 Å². The number of hydrogen-bond donors (Lipinski definition) is 1. The molecule has 7 aromatic rings. The van der Waals surface area contributed by atoms with Crippen molar-refractivity contribution in [2.45, 2.75) is 52.5 Å². The van der Waals surface area contributed by atoms with Gasteiger partial charge in [-0.25, -0.2) is 0 Å². The summed E-state index contributed by atoms with van der Waals surface area (Å²) in [7, 11) is 0. The van der Waals surface area contributed by atoms with E-state index in [9.17, 15) is 0 Å². The maximum Gasteiger partial charge on any atom is 0.0482 e. The standard InChI is InChI=1S/C53H50N2/c1-4-16-41(42-19-10-6-11-20-42)33-34-55(48-30-32-51-47(36-48)26-25-38(2)53(51)54-39(3)40-17-8-5-9-18-40)49-29-31-50(52(37-49)44-22-12-7-13-23-44)46-28-27-43-21-14-15-24-45(43)35-46/h6-8,10-15,17-33,35-37,39,54H,4-5,9,16,34H2,1-3H3/b41-33+. The maximum absolute atomic E-state index is 3.89. The van der Waals surface area contributed by atoms with Crippen LogP contribution >= 0.6 is 0 Å². The third kappa shape index (κ3) is 7.91. The summed E-state index contributed by atoms with van der Waals surface area (Å²) >= 11 is 0. The first kappa shape index (κ1) is 35.9. The lowest BCUT2D eigenvalue weighted by Gasteiger charge is -2.27. The Kier molecular flexibility index (Phi) is 10.8. The van der Waals surface area contributed by atoms with E-state index in [1.165, 1.54) is 77.4 Å². The van der Waals surface area contributed by atoms with Gasteiger partial charge in [0.15, 0.2) is 0 Å². The maximum atomic E-state index is 3.89. The molecule has 272 valence electrons. The molecule has 7 aromatic carbocycles. The number of rotatable bonds is 12. The number of hydrogen-bond acceptors (Lipinski definition) is 2. The highest BCUT2D eigenvalue weighted by Crippen LogP contribution is 2.40. The van der Waals surface area contributed by atoms with Crippen LogP contribution in [0.15, 0.2) is 182 Å². The van der Waals surface area contributed by atoms with E-state index in [4.69, 9.17) is 0 Å². The van der Waals surface area contributed by atoms with Crippen LogP contribution in [-0.4, -0.2) is 12.6 Å². The minimum absolute atomic E-state index is 0.231. The van der Waals surface area contributed by atoms with Crippen molar-refractivity contribution < 1.29 is 0 Å². The number of benzene rings is 7. The molecule has 0 fully saturated rings. The van der Waals surface area contributed by atoms with Gasteiger partial charge in [0.25, 0.3) is 0 Å². The number of nitrogens with one attached hydrogen (secondary N) is 1. The lowest BCUT2D eigenvalue weighted by molar-refractivity contribution is 0.905. The van der Waals surface area contributed by atoms with Gasteiger partial charge in [-0.3, -0.25) is 0 Å². The van der Waals surface area contributed by atoms with Crippen LogP contribution in [0.2, 0.25) is 0 Å². The van der Waals surface area contributed by atoms with Crippen LogP contribution in [0.4, 0.5) is 17.1 Å². The van der Waals surface area contributed by atoms with E-state index in [-0.39, 0.29) is 6.04 Å². The fourth-order valence-electron chi connectivity index (χ4n) is 8.05. The van der Waals surface area contributed by atoms with Crippen molar-refractivity contribution in [1.82, 2.24) is 0 Å². The van der Waals surface area contributed by atoms with Crippen LogP contribution in [0, 0.1) is 6.92 Å². The third-order valence-corrected chi connectivity index (χ3v) is 11.1. The first-order valence-corrected chi connectivity index (χ1v) is 19.9. The molecule has 1 N–H and O–H groups in total. The topological polar surface area (TPSA) is 15.3 Å². The van der Waals surface area contributed by atoms with Crippen LogP contribution in [0.1, 0.15) is 50.7 Å². The van der Waals surface area contributed by atoms with E-state index in [0.29, 0.717) is 0 Å². The summed E-state index contributed by atoms with van der Waals surface area (Å²) in [6.45, 7) is 7.50. The SMILES string of the molecule is CCC/C(=C\CN(c1ccc(-c2ccc3ccccc3c2)c(-c2ccccc2)c1)c1ccc2c(NC(C)C3=CCCC=C3)c(C)ccc2c1)c1ccccc1. The number of nitrogens with zero attached hydrogens (tertiary/aromatic N) is 1. The van der Waals surface area contributed by atoms with Crippen molar-refractivity contribution in [1.29, 1.82) is 0 Å². The van der Waals surface area contributed by atoms with Gasteiger partial charge in [-0.15, -0.1) is 0 Å². The first-order chi connectivity index (χ1) is 27.1. The van der Waals surface area contributed by atoms with Crippen molar-refractivity contribution in [2.24, 2.45) is 0 Å². The summed E-state index contributed by atoms with van der Waals surface area (Å²) in [6, 6.07) is 56.0. The first-order valence-electron chi connectivity index (χ1n) is 19.9. The fourth-order valence-corrected chi connectivity index (χ4v) is 8.05. The zero-order valence-corrected chi connectivity index (χ0v) is 32.3. The molecule has 0 aromatic heterocycles. The van der Waals surface area contributed by atoms with Crippen molar-refractivity contribution in [3.63, 3.8) is 0 Å². The predicted octanol–water partition coefficient (Wildman–Crippen LogP) is 14.7. The molecule has 0 bridgehead atoms. The summed E-state index contributed by atoms with van der Waals surface area (Å²) < 4.78 is 0. The second kappa shape index (κ2) is 16.5. The summed E-state index contributed by atoms with van der Waals surface area (Å²) in [4.78, 5) is 2.49. The van der Waals surface area contributed by atoms with Gasteiger partial charge in [0, 0.05) is 35.0 Å². The zero-order chi connectivity index (χ0) is 37.6. The second-order valence-electron chi connectivity index (χ2n) is 14.8. The molecule has 0 heterocycles. The molecule has 0 spiro atoms. The van der Waals surface area contributed by atoms with Crippen LogP contribution in [-0.2, 0) is 0 Å². The van der Waals surface area contributed by atoms with Gasteiger partial charge in [0.2, 0.25) is 0 Å². The van der Waals surface area contributed by atoms with Crippen LogP contribution in [0.25, 0.3) is 49.4 Å². The summed E-state index contributed by atoms with van der Waals surface area (Å²) in [5, 5.41) is 8.88. The quantitative estimate of drug-likeness (QED) is 0.136. The fraction of sp³-hybridized carbons (Fsp3) is 0.170. The van der Waals surface area contributed by atoms with E-state index in [2.05, 4.69) is 207 Å². The Balaban J connectivity index is 1.25. The Bertz CT molecular complexity index is 2520. The molecule has 2 heteroatoms. The molecule has 1 atom stereocenters. The molecule has 0 radical (unpaired) electrons. The molecule has 1 aliphatic rings. The molecule has 2 nitrogen and oxygen atoms in total. The third-order valence-electron chi connectivity index (χ3n) is 11.1. The number of anilines is 3. The Morgan fingerprint density at radius 1 is 0.673 bits per heavy atom. The van der Waals surface area contributed by atoms with Gasteiger partial charge in [-0.1, -0.05) is 159 Å². The molecule has 0 saturated carbocycles. The van der Waals surface area contributed by atoms with E-state index in [1.54, 1.807) is 0 Å². The van der Waals surface area contributed by atoms with Gasteiger partial charge >= 0.3 is 0 Å². The van der Waals surface area contributed by atoms with Gasteiger partial charge in [0.1, 0.15) is 0 Å². The second-order valence-corrected chi connectivity index (χ2v) is 14.8. The van der Waals surface area contributed by atoms with Crippen LogP contribution < -0.4 is 10.2 Å². The molecule has 0 amide bonds. The molecule has 1 aliphatic carbocycles. The number of fused-ring (bicyclic) bond motifs is 2. The largest absolute Gasteiger partial charge is 0.378 e. The molecule has 0 aliphatic heterocycles. The van der Waals surface area contributed by atoms with Crippen molar-refractivity contribution in [3.8, 4) is 22.3 Å². The Labute approximate surface area is 327 Å².